The molecule has 1 rings (SSSR count). The molecule has 0 N–H and O–H groups in total. The molecule has 1 aromatic rings. The lowest BCUT2D eigenvalue weighted by Gasteiger charge is -1.91. The number of benzene rings is 1. The molecule has 0 saturated heterocycles. The summed E-state index contributed by atoms with van der Waals surface area (Å²) >= 11 is 0. The largest absolute Gasteiger partial charge is 0.193 e. The van der Waals surface area contributed by atoms with Crippen molar-refractivity contribution in [1.82, 2.24) is 0 Å². The highest BCUT2D eigenvalue weighted by molar-refractivity contribution is 5.46. The molecule has 0 bridgehead atoms. The van der Waals surface area contributed by atoms with Gasteiger partial charge >= 0.3 is 0 Å². The quantitative estimate of drug-likeness (QED) is 0.548. The number of allylic oxidation sites excluding steroid dienone is 5. The first kappa shape index (κ1) is 14.7. The van der Waals surface area contributed by atoms with Crippen LogP contribution in [0.15, 0.2) is 67.8 Å². The fraction of sp³-hybridized carbons (Fsp3) is 0.0625. The van der Waals surface area contributed by atoms with Crippen LogP contribution >= 0.6 is 0 Å². The van der Waals surface area contributed by atoms with E-state index in [4.69, 9.17) is 5.26 Å². The number of rotatable bonds is 3. The average molecular weight is 223 g/mol. The van der Waals surface area contributed by atoms with Crippen molar-refractivity contribution < 1.29 is 0 Å². The summed E-state index contributed by atoms with van der Waals surface area (Å²) in [5.74, 6) is 0. The van der Waals surface area contributed by atoms with Gasteiger partial charge in [-0.25, -0.2) is 0 Å². The van der Waals surface area contributed by atoms with Crippen LogP contribution in [0.4, 0.5) is 0 Å². The van der Waals surface area contributed by atoms with Gasteiger partial charge in [-0.15, -0.1) is 0 Å². The van der Waals surface area contributed by atoms with Crippen molar-refractivity contribution in [3.8, 4) is 6.07 Å². The van der Waals surface area contributed by atoms with Gasteiger partial charge in [-0.05, 0) is 12.5 Å². The van der Waals surface area contributed by atoms with E-state index in [1.165, 1.54) is 17.2 Å². The van der Waals surface area contributed by atoms with E-state index < -0.39 is 0 Å². The van der Waals surface area contributed by atoms with Gasteiger partial charge in [0.25, 0.3) is 0 Å². The highest BCUT2D eigenvalue weighted by Gasteiger charge is 1.82. The SMILES string of the molecule is C=CC=CC=CC#N.C=Cc1ccc(C)cc1. The molecule has 0 amide bonds. The fourth-order valence-corrected chi connectivity index (χ4v) is 0.944. The average Bonchev–Trinajstić information content (AvgIpc) is 2.37. The Kier molecular flexibility index (Phi) is 8.80. The molecule has 86 valence electrons. The van der Waals surface area contributed by atoms with Gasteiger partial charge in [0, 0.05) is 6.08 Å². The molecular formula is C16H17N. The molecule has 1 aromatic carbocycles. The molecule has 0 fully saturated rings. The van der Waals surface area contributed by atoms with Crippen LogP contribution in [0.5, 0.6) is 0 Å². The standard InChI is InChI=1S/C9H10.C7H7N/c1-3-9-6-4-8(2)5-7-9;1-2-3-4-5-6-7-8/h3-7H,1H2,2H3;2-6H,1H2. The summed E-state index contributed by atoms with van der Waals surface area (Å²) in [6.45, 7) is 9.19. The van der Waals surface area contributed by atoms with Gasteiger partial charge in [0.1, 0.15) is 0 Å². The smallest absolute Gasteiger partial charge is 0.0912 e. The van der Waals surface area contributed by atoms with Crippen LogP contribution in [0, 0.1) is 18.3 Å². The molecule has 0 aliphatic rings. The van der Waals surface area contributed by atoms with Crippen LogP contribution in [-0.2, 0) is 0 Å². The molecule has 17 heavy (non-hydrogen) atoms. The summed E-state index contributed by atoms with van der Waals surface area (Å²) in [4.78, 5) is 0. The van der Waals surface area contributed by atoms with Crippen LogP contribution in [-0.4, -0.2) is 0 Å². The normalized spacial score (nSPS) is 9.41. The summed E-state index contributed by atoms with van der Waals surface area (Å²) in [7, 11) is 0. The first-order chi connectivity index (χ1) is 8.24. The van der Waals surface area contributed by atoms with E-state index >= 15 is 0 Å². The maximum absolute atomic E-state index is 7.97. The third kappa shape index (κ3) is 8.65. The molecule has 0 saturated carbocycles. The first-order valence-corrected chi connectivity index (χ1v) is 5.27. The van der Waals surface area contributed by atoms with Crippen LogP contribution in [0.1, 0.15) is 11.1 Å². The number of nitrogens with zero attached hydrogens (tertiary/aromatic N) is 1. The second-order valence-electron chi connectivity index (χ2n) is 3.22. The monoisotopic (exact) mass is 223 g/mol. The Morgan fingerprint density at radius 1 is 1.06 bits per heavy atom. The fourth-order valence-electron chi connectivity index (χ4n) is 0.944. The van der Waals surface area contributed by atoms with Crippen LogP contribution in [0.25, 0.3) is 6.08 Å². The van der Waals surface area contributed by atoms with Crippen molar-refractivity contribution in [2.24, 2.45) is 0 Å². The zero-order valence-electron chi connectivity index (χ0n) is 10.1. The second-order valence-corrected chi connectivity index (χ2v) is 3.22. The van der Waals surface area contributed by atoms with Crippen molar-refractivity contribution in [3.63, 3.8) is 0 Å². The second kappa shape index (κ2) is 10.2. The minimum Gasteiger partial charge on any atom is -0.193 e. The van der Waals surface area contributed by atoms with Crippen molar-refractivity contribution in [2.75, 3.05) is 0 Å². The Bertz CT molecular complexity index is 428. The first-order valence-electron chi connectivity index (χ1n) is 5.27. The van der Waals surface area contributed by atoms with Crippen molar-refractivity contribution in [3.05, 3.63) is 78.9 Å². The lowest BCUT2D eigenvalue weighted by Crippen LogP contribution is -1.71. The van der Waals surface area contributed by atoms with E-state index in [1.54, 1.807) is 24.3 Å². The Hall–Kier alpha value is -2.33. The predicted molar refractivity (Wildman–Crippen MR) is 75.4 cm³/mol. The predicted octanol–water partition coefficient (Wildman–Crippen LogP) is 4.45. The maximum atomic E-state index is 7.97. The molecule has 0 aliphatic carbocycles. The number of hydrogen-bond donors (Lipinski definition) is 0. The number of hydrogen-bond acceptors (Lipinski definition) is 1. The minimum absolute atomic E-state index is 1.18. The van der Waals surface area contributed by atoms with Crippen molar-refractivity contribution >= 4 is 6.08 Å². The van der Waals surface area contributed by atoms with E-state index in [9.17, 15) is 0 Å². The van der Waals surface area contributed by atoms with Gasteiger partial charge < -0.3 is 0 Å². The molecule has 1 heteroatoms. The van der Waals surface area contributed by atoms with Gasteiger partial charge in [-0.3, -0.25) is 0 Å². The van der Waals surface area contributed by atoms with Gasteiger partial charge in [0.2, 0.25) is 0 Å². The maximum Gasteiger partial charge on any atom is 0.0912 e. The van der Waals surface area contributed by atoms with Crippen molar-refractivity contribution in [1.29, 1.82) is 5.26 Å². The van der Waals surface area contributed by atoms with Crippen molar-refractivity contribution in [2.45, 2.75) is 6.92 Å². The summed E-state index contributed by atoms with van der Waals surface area (Å²) in [6, 6.07) is 10.1. The Morgan fingerprint density at radius 2 is 1.71 bits per heavy atom. The van der Waals surface area contributed by atoms with E-state index in [0.29, 0.717) is 0 Å². The topological polar surface area (TPSA) is 23.8 Å². The summed E-state index contributed by atoms with van der Waals surface area (Å²) in [5, 5.41) is 7.97. The molecule has 0 heterocycles. The number of aryl methyl sites for hydroxylation is 1. The van der Waals surface area contributed by atoms with E-state index in [2.05, 4.69) is 44.3 Å². The molecule has 0 atom stereocenters. The summed E-state index contributed by atoms with van der Waals surface area (Å²) in [6.07, 6.45) is 10.1. The lowest BCUT2D eigenvalue weighted by molar-refractivity contribution is 1.46. The Balaban J connectivity index is 0.000000304. The van der Waals surface area contributed by atoms with E-state index in [-0.39, 0.29) is 0 Å². The number of nitriles is 1. The third-order valence-corrected chi connectivity index (χ3v) is 1.84. The van der Waals surface area contributed by atoms with Gasteiger partial charge in [-0.2, -0.15) is 5.26 Å². The molecule has 0 radical (unpaired) electrons. The Labute approximate surface area is 104 Å². The third-order valence-electron chi connectivity index (χ3n) is 1.84. The zero-order valence-corrected chi connectivity index (χ0v) is 10.1. The zero-order chi connectivity index (χ0) is 12.9. The highest BCUT2D eigenvalue weighted by atomic mass is 14.2. The highest BCUT2D eigenvalue weighted by Crippen LogP contribution is 2.02. The lowest BCUT2D eigenvalue weighted by atomic mass is 10.2. The summed E-state index contributed by atoms with van der Waals surface area (Å²) < 4.78 is 0. The Morgan fingerprint density at radius 3 is 2.18 bits per heavy atom. The molecule has 0 aliphatic heterocycles. The minimum atomic E-state index is 1.18. The molecule has 0 spiro atoms. The van der Waals surface area contributed by atoms with E-state index in [1.807, 2.05) is 12.1 Å². The molecule has 0 unspecified atom stereocenters. The summed E-state index contributed by atoms with van der Waals surface area (Å²) in [5.41, 5.74) is 2.47. The van der Waals surface area contributed by atoms with E-state index in [0.717, 1.165) is 0 Å². The van der Waals surface area contributed by atoms with Crippen LogP contribution in [0.3, 0.4) is 0 Å². The molecule has 0 aromatic heterocycles. The molecule has 1 nitrogen and oxygen atoms in total. The van der Waals surface area contributed by atoms with Crippen LogP contribution < -0.4 is 0 Å². The van der Waals surface area contributed by atoms with Gasteiger partial charge in [0.15, 0.2) is 0 Å². The van der Waals surface area contributed by atoms with Gasteiger partial charge in [-0.1, -0.05) is 73.4 Å². The van der Waals surface area contributed by atoms with Crippen LogP contribution in [0.2, 0.25) is 0 Å². The van der Waals surface area contributed by atoms with Gasteiger partial charge in [0.05, 0.1) is 6.07 Å². The molecular weight excluding hydrogens is 206 g/mol.